The van der Waals surface area contributed by atoms with Gasteiger partial charge in [0.1, 0.15) is 11.9 Å². The SMILES string of the molecule is CN(C)c1c(C#N)ccc(F)c1C=NNC(N)=O. The van der Waals surface area contributed by atoms with E-state index in [2.05, 4.69) is 5.10 Å². The third kappa shape index (κ3) is 2.95. The number of nitriles is 1. The second kappa shape index (κ2) is 5.63. The van der Waals surface area contributed by atoms with E-state index in [-0.39, 0.29) is 5.56 Å². The molecule has 0 aromatic heterocycles. The number of amides is 2. The topological polar surface area (TPSA) is 94.5 Å². The molecule has 1 rings (SSSR count). The van der Waals surface area contributed by atoms with Crippen molar-refractivity contribution in [2.45, 2.75) is 0 Å². The highest BCUT2D eigenvalue weighted by Gasteiger charge is 2.13. The van der Waals surface area contributed by atoms with Gasteiger partial charge in [0.25, 0.3) is 0 Å². The van der Waals surface area contributed by atoms with Crippen LogP contribution in [-0.2, 0) is 0 Å². The highest BCUT2D eigenvalue weighted by molar-refractivity contribution is 5.91. The first-order chi connectivity index (χ1) is 8.47. The minimum atomic E-state index is -0.852. The molecule has 0 fully saturated rings. The van der Waals surface area contributed by atoms with Gasteiger partial charge in [-0.3, -0.25) is 0 Å². The van der Waals surface area contributed by atoms with Crippen molar-refractivity contribution in [2.75, 3.05) is 19.0 Å². The lowest BCUT2D eigenvalue weighted by molar-refractivity contribution is 0.249. The highest BCUT2D eigenvalue weighted by atomic mass is 19.1. The van der Waals surface area contributed by atoms with Gasteiger partial charge in [0.15, 0.2) is 0 Å². The molecule has 1 aromatic carbocycles. The van der Waals surface area contributed by atoms with Crippen molar-refractivity contribution in [3.63, 3.8) is 0 Å². The van der Waals surface area contributed by atoms with Gasteiger partial charge in [0.2, 0.25) is 0 Å². The van der Waals surface area contributed by atoms with E-state index in [0.717, 1.165) is 12.3 Å². The van der Waals surface area contributed by atoms with Crippen molar-refractivity contribution in [3.8, 4) is 6.07 Å². The first-order valence-electron chi connectivity index (χ1n) is 4.95. The molecule has 94 valence electrons. The maximum absolute atomic E-state index is 13.7. The van der Waals surface area contributed by atoms with E-state index in [1.807, 2.05) is 11.5 Å². The van der Waals surface area contributed by atoms with Gasteiger partial charge in [0, 0.05) is 14.1 Å². The van der Waals surface area contributed by atoms with Crippen LogP contribution in [0, 0.1) is 17.1 Å². The molecule has 0 saturated heterocycles. The molecule has 1 aromatic rings. The van der Waals surface area contributed by atoms with Crippen LogP contribution in [0.3, 0.4) is 0 Å². The van der Waals surface area contributed by atoms with Crippen LogP contribution in [0.5, 0.6) is 0 Å². The van der Waals surface area contributed by atoms with E-state index < -0.39 is 11.8 Å². The fourth-order valence-electron chi connectivity index (χ4n) is 1.44. The van der Waals surface area contributed by atoms with Gasteiger partial charge in [0.05, 0.1) is 23.0 Å². The monoisotopic (exact) mass is 249 g/mol. The summed E-state index contributed by atoms with van der Waals surface area (Å²) >= 11 is 0. The van der Waals surface area contributed by atoms with Gasteiger partial charge in [-0.15, -0.1) is 0 Å². The van der Waals surface area contributed by atoms with Crippen LogP contribution in [0.25, 0.3) is 0 Å². The van der Waals surface area contributed by atoms with Gasteiger partial charge in [-0.25, -0.2) is 14.6 Å². The summed E-state index contributed by atoms with van der Waals surface area (Å²) in [5.41, 5.74) is 7.59. The third-order valence-corrected chi connectivity index (χ3v) is 2.10. The lowest BCUT2D eigenvalue weighted by atomic mass is 10.1. The van der Waals surface area contributed by atoms with Gasteiger partial charge >= 0.3 is 6.03 Å². The Balaban J connectivity index is 3.28. The van der Waals surface area contributed by atoms with Crippen LogP contribution in [0.2, 0.25) is 0 Å². The number of rotatable bonds is 3. The number of anilines is 1. The minimum absolute atomic E-state index is 0.104. The standard InChI is InChI=1S/C11H12FN5O/c1-17(2)10-7(5-13)3-4-9(12)8(10)6-15-16-11(14)18/h3-4,6H,1-2H3,(H3,14,16,18). The maximum atomic E-state index is 13.7. The normalized spacial score (nSPS) is 10.1. The molecule has 0 spiro atoms. The van der Waals surface area contributed by atoms with Crippen LogP contribution < -0.4 is 16.1 Å². The average Bonchev–Trinajstić information content (AvgIpc) is 2.30. The van der Waals surface area contributed by atoms with E-state index in [0.29, 0.717) is 11.3 Å². The molecule has 0 atom stereocenters. The molecule has 0 bridgehead atoms. The molecule has 0 unspecified atom stereocenters. The number of carbonyl (C=O) groups is 1. The molecule has 7 heteroatoms. The average molecular weight is 249 g/mol. The molecule has 6 nitrogen and oxygen atoms in total. The summed E-state index contributed by atoms with van der Waals surface area (Å²) in [6.07, 6.45) is 1.11. The first kappa shape index (κ1) is 13.4. The molecule has 0 aliphatic carbocycles. The molecule has 0 saturated carbocycles. The lowest BCUT2D eigenvalue weighted by Gasteiger charge is -2.17. The summed E-state index contributed by atoms with van der Waals surface area (Å²) < 4.78 is 13.7. The first-order valence-corrected chi connectivity index (χ1v) is 4.95. The number of urea groups is 1. The predicted octanol–water partition coefficient (Wildman–Crippen LogP) is 0.766. The van der Waals surface area contributed by atoms with Crippen LogP contribution in [-0.4, -0.2) is 26.3 Å². The Kier molecular flexibility index (Phi) is 4.21. The quantitative estimate of drug-likeness (QED) is 0.611. The number of primary amides is 1. The largest absolute Gasteiger partial charge is 0.376 e. The van der Waals surface area contributed by atoms with Crippen molar-refractivity contribution < 1.29 is 9.18 Å². The zero-order valence-corrected chi connectivity index (χ0v) is 9.94. The summed E-state index contributed by atoms with van der Waals surface area (Å²) in [4.78, 5) is 12.0. The number of carbonyl (C=O) groups excluding carboxylic acids is 1. The Morgan fingerprint density at radius 1 is 1.61 bits per heavy atom. The molecule has 0 aliphatic rings. The lowest BCUT2D eigenvalue weighted by Crippen LogP contribution is -2.24. The zero-order valence-electron chi connectivity index (χ0n) is 9.94. The smallest absolute Gasteiger partial charge is 0.332 e. The summed E-state index contributed by atoms with van der Waals surface area (Å²) in [6.45, 7) is 0. The fraction of sp³-hybridized carbons (Fsp3) is 0.182. The molecule has 0 aliphatic heterocycles. The molecule has 3 N–H and O–H groups in total. The van der Waals surface area contributed by atoms with Crippen molar-refractivity contribution >= 4 is 17.9 Å². The Morgan fingerprint density at radius 3 is 2.78 bits per heavy atom. The number of benzene rings is 1. The van der Waals surface area contributed by atoms with Crippen molar-refractivity contribution in [1.29, 1.82) is 5.26 Å². The second-order valence-corrected chi connectivity index (χ2v) is 3.60. The summed E-state index contributed by atoms with van der Waals surface area (Å²) in [6, 6.07) is 3.65. The molecule has 2 amide bonds. The van der Waals surface area contributed by atoms with Crippen LogP contribution in [0.15, 0.2) is 17.2 Å². The molecular formula is C11H12FN5O. The predicted molar refractivity (Wildman–Crippen MR) is 65.8 cm³/mol. The van der Waals surface area contributed by atoms with Gasteiger partial charge in [-0.05, 0) is 12.1 Å². The Hall–Kier alpha value is -2.62. The Bertz CT molecular complexity index is 533. The third-order valence-electron chi connectivity index (χ3n) is 2.10. The van der Waals surface area contributed by atoms with Crippen molar-refractivity contribution in [3.05, 3.63) is 29.1 Å². The highest BCUT2D eigenvalue weighted by Crippen LogP contribution is 2.24. The van der Waals surface area contributed by atoms with E-state index >= 15 is 0 Å². The fourth-order valence-corrected chi connectivity index (χ4v) is 1.44. The van der Waals surface area contributed by atoms with Gasteiger partial charge in [-0.2, -0.15) is 10.4 Å². The molecular weight excluding hydrogens is 237 g/mol. The number of hydrogen-bond acceptors (Lipinski definition) is 4. The Labute approximate surface area is 103 Å². The van der Waals surface area contributed by atoms with Gasteiger partial charge in [-0.1, -0.05) is 0 Å². The number of halogens is 1. The second-order valence-electron chi connectivity index (χ2n) is 3.60. The van der Waals surface area contributed by atoms with Crippen molar-refractivity contribution in [1.82, 2.24) is 5.43 Å². The zero-order chi connectivity index (χ0) is 13.7. The Morgan fingerprint density at radius 2 is 2.28 bits per heavy atom. The number of nitrogens with one attached hydrogen (secondary N) is 1. The van der Waals surface area contributed by atoms with E-state index in [9.17, 15) is 9.18 Å². The van der Waals surface area contributed by atoms with E-state index in [1.54, 1.807) is 19.0 Å². The molecule has 0 radical (unpaired) electrons. The summed E-state index contributed by atoms with van der Waals surface area (Å²) in [5, 5.41) is 12.5. The number of nitrogens with two attached hydrogens (primary N) is 1. The van der Waals surface area contributed by atoms with E-state index in [1.165, 1.54) is 6.07 Å². The number of nitrogens with zero attached hydrogens (tertiary/aromatic N) is 3. The van der Waals surface area contributed by atoms with E-state index in [4.69, 9.17) is 11.0 Å². The molecule has 18 heavy (non-hydrogen) atoms. The van der Waals surface area contributed by atoms with Crippen LogP contribution in [0.4, 0.5) is 14.9 Å². The number of hydrazone groups is 1. The maximum Gasteiger partial charge on any atom is 0.332 e. The van der Waals surface area contributed by atoms with Gasteiger partial charge < -0.3 is 10.6 Å². The van der Waals surface area contributed by atoms with Crippen LogP contribution >= 0.6 is 0 Å². The summed E-state index contributed by atoms with van der Waals surface area (Å²) in [5.74, 6) is -0.548. The van der Waals surface area contributed by atoms with Crippen LogP contribution in [0.1, 0.15) is 11.1 Å². The van der Waals surface area contributed by atoms with Crippen molar-refractivity contribution in [2.24, 2.45) is 10.8 Å². The minimum Gasteiger partial charge on any atom is -0.376 e. The molecule has 0 heterocycles. The number of hydrogen-bond donors (Lipinski definition) is 2. The summed E-state index contributed by atoms with van der Waals surface area (Å²) in [7, 11) is 3.35.